The van der Waals surface area contributed by atoms with Gasteiger partial charge in [-0.15, -0.1) is 10.2 Å². The van der Waals surface area contributed by atoms with Crippen LogP contribution in [0, 0.1) is 5.41 Å². The molecule has 1 aromatic carbocycles. The van der Waals surface area contributed by atoms with Gasteiger partial charge in [-0.2, -0.15) is 0 Å². The molecule has 0 amide bonds. The fourth-order valence-electron chi connectivity index (χ4n) is 1.79. The number of nitrogens with zero attached hydrogens (tertiary/aromatic N) is 3. The number of aromatic nitrogens is 3. The molecule has 100 valence electrons. The van der Waals surface area contributed by atoms with Crippen LogP contribution in [0.4, 0.5) is 0 Å². The maximum atomic E-state index is 7.64. The van der Waals surface area contributed by atoms with Gasteiger partial charge in [-0.25, -0.2) is 0 Å². The number of rotatable bonds is 3. The lowest BCUT2D eigenvalue weighted by Gasteiger charge is -2.07. The molecule has 0 fully saturated rings. The summed E-state index contributed by atoms with van der Waals surface area (Å²) in [6.45, 7) is 0. The summed E-state index contributed by atoms with van der Waals surface area (Å²) in [4.78, 5) is 0.866. The van der Waals surface area contributed by atoms with Crippen molar-refractivity contribution >= 4 is 39.2 Å². The molecule has 3 aromatic rings. The van der Waals surface area contributed by atoms with Crippen molar-refractivity contribution in [2.24, 2.45) is 5.73 Å². The van der Waals surface area contributed by atoms with Gasteiger partial charge in [0.2, 0.25) is 0 Å². The summed E-state index contributed by atoms with van der Waals surface area (Å²) in [6, 6.07) is 11.3. The summed E-state index contributed by atoms with van der Waals surface area (Å²) < 4.78 is 2.83. The monoisotopic (exact) mass is 347 g/mol. The number of nitrogen functional groups attached to an aromatic ring is 1. The minimum atomic E-state index is 0.0359. The lowest BCUT2D eigenvalue weighted by atomic mass is 10.2. The fraction of sp³-hybridized carbons (Fsp3) is 0. The normalized spacial score (nSPS) is 10.8. The van der Waals surface area contributed by atoms with Crippen molar-refractivity contribution in [3.63, 3.8) is 0 Å². The van der Waals surface area contributed by atoms with Crippen LogP contribution in [-0.4, -0.2) is 20.4 Å². The third-order valence-electron chi connectivity index (χ3n) is 2.72. The molecule has 0 aliphatic heterocycles. The summed E-state index contributed by atoms with van der Waals surface area (Å²) in [5.74, 6) is 0.0359. The van der Waals surface area contributed by atoms with Crippen molar-refractivity contribution < 1.29 is 0 Å². The number of nitrogens with one attached hydrogen (secondary N) is 1. The Morgan fingerprint density at radius 3 is 2.90 bits per heavy atom. The zero-order valence-electron chi connectivity index (χ0n) is 10.2. The Bertz CT molecular complexity index is 798. The standard InChI is InChI=1S/C13H10BrN5S/c14-8-4-5-9(12(15)16)10(7-8)20-13-18-17-11-3-1-2-6-19(11)13/h1-7H,(H3,15,16). The average molecular weight is 348 g/mol. The molecule has 0 spiro atoms. The van der Waals surface area contributed by atoms with E-state index in [1.807, 2.05) is 47.0 Å². The molecule has 0 saturated heterocycles. The van der Waals surface area contributed by atoms with Crippen LogP contribution in [0.15, 0.2) is 57.1 Å². The molecule has 0 bridgehead atoms. The Morgan fingerprint density at radius 2 is 2.10 bits per heavy atom. The molecule has 0 aliphatic carbocycles. The van der Waals surface area contributed by atoms with E-state index >= 15 is 0 Å². The molecule has 7 heteroatoms. The molecule has 0 atom stereocenters. The summed E-state index contributed by atoms with van der Waals surface area (Å²) in [5, 5.41) is 16.7. The van der Waals surface area contributed by atoms with Crippen molar-refractivity contribution in [3.05, 3.63) is 52.6 Å². The summed E-state index contributed by atoms with van der Waals surface area (Å²) >= 11 is 4.86. The van der Waals surface area contributed by atoms with Crippen LogP contribution < -0.4 is 5.73 Å². The van der Waals surface area contributed by atoms with E-state index in [0.717, 1.165) is 20.2 Å². The van der Waals surface area contributed by atoms with Gasteiger partial charge >= 0.3 is 0 Å². The third kappa shape index (κ3) is 2.41. The van der Waals surface area contributed by atoms with E-state index in [4.69, 9.17) is 11.1 Å². The van der Waals surface area contributed by atoms with E-state index < -0.39 is 0 Å². The van der Waals surface area contributed by atoms with Crippen molar-refractivity contribution in [3.8, 4) is 0 Å². The Morgan fingerprint density at radius 1 is 1.25 bits per heavy atom. The van der Waals surface area contributed by atoms with Crippen LogP contribution in [0.1, 0.15) is 5.56 Å². The van der Waals surface area contributed by atoms with Gasteiger partial charge in [-0.3, -0.25) is 9.81 Å². The first-order valence-corrected chi connectivity index (χ1v) is 7.37. The highest BCUT2D eigenvalue weighted by atomic mass is 79.9. The van der Waals surface area contributed by atoms with Crippen LogP contribution in [0.5, 0.6) is 0 Å². The molecular formula is C13H10BrN5S. The summed E-state index contributed by atoms with van der Waals surface area (Å²) in [5.41, 5.74) is 7.09. The number of hydrogen-bond donors (Lipinski definition) is 2. The number of benzene rings is 1. The minimum absolute atomic E-state index is 0.0359. The average Bonchev–Trinajstić information content (AvgIpc) is 2.82. The molecular weight excluding hydrogens is 338 g/mol. The van der Waals surface area contributed by atoms with Gasteiger partial charge in [-0.1, -0.05) is 22.0 Å². The quantitative estimate of drug-likeness (QED) is 0.563. The number of pyridine rings is 1. The van der Waals surface area contributed by atoms with E-state index in [2.05, 4.69) is 26.1 Å². The maximum absolute atomic E-state index is 7.64. The van der Waals surface area contributed by atoms with Crippen molar-refractivity contribution in [2.45, 2.75) is 10.1 Å². The first kappa shape index (κ1) is 13.1. The van der Waals surface area contributed by atoms with Crippen molar-refractivity contribution in [1.29, 1.82) is 5.41 Å². The molecule has 2 heterocycles. The van der Waals surface area contributed by atoms with Gasteiger partial charge in [0.1, 0.15) is 5.84 Å². The van der Waals surface area contributed by atoms with E-state index in [0.29, 0.717) is 5.56 Å². The molecule has 0 aliphatic rings. The second kappa shape index (κ2) is 5.26. The SMILES string of the molecule is N=C(N)c1ccc(Br)cc1Sc1nnc2ccccn12. The van der Waals surface area contributed by atoms with Crippen LogP contribution in [0.2, 0.25) is 0 Å². The smallest absolute Gasteiger partial charge is 0.200 e. The molecule has 0 saturated carbocycles. The van der Waals surface area contributed by atoms with Gasteiger partial charge in [0.05, 0.1) is 0 Å². The number of fused-ring (bicyclic) bond motifs is 1. The van der Waals surface area contributed by atoms with E-state index in [9.17, 15) is 0 Å². The van der Waals surface area contributed by atoms with Crippen molar-refractivity contribution in [2.75, 3.05) is 0 Å². The second-order valence-electron chi connectivity index (χ2n) is 4.07. The number of nitrogens with two attached hydrogens (primary N) is 1. The first-order valence-electron chi connectivity index (χ1n) is 5.77. The molecule has 0 unspecified atom stereocenters. The summed E-state index contributed by atoms with van der Waals surface area (Å²) in [7, 11) is 0. The van der Waals surface area contributed by atoms with E-state index in [1.54, 1.807) is 0 Å². The van der Waals surface area contributed by atoms with E-state index in [1.165, 1.54) is 11.8 Å². The molecule has 3 N–H and O–H groups in total. The molecule has 0 radical (unpaired) electrons. The van der Waals surface area contributed by atoms with Crippen molar-refractivity contribution in [1.82, 2.24) is 14.6 Å². The van der Waals surface area contributed by atoms with Gasteiger partial charge in [-0.05, 0) is 42.1 Å². The van der Waals surface area contributed by atoms with Crippen LogP contribution in [0.25, 0.3) is 5.65 Å². The van der Waals surface area contributed by atoms with Gasteiger partial charge < -0.3 is 5.73 Å². The fourth-order valence-corrected chi connectivity index (χ4v) is 3.31. The molecule has 5 nitrogen and oxygen atoms in total. The van der Waals surface area contributed by atoms with Gasteiger partial charge in [0.25, 0.3) is 0 Å². The number of hydrogen-bond acceptors (Lipinski definition) is 4. The summed E-state index contributed by atoms with van der Waals surface area (Å²) in [6.07, 6.45) is 1.91. The lowest BCUT2D eigenvalue weighted by molar-refractivity contribution is 0.921. The Labute approximate surface area is 127 Å². The minimum Gasteiger partial charge on any atom is -0.384 e. The van der Waals surface area contributed by atoms with E-state index in [-0.39, 0.29) is 5.84 Å². The molecule has 3 rings (SSSR count). The lowest BCUT2D eigenvalue weighted by Crippen LogP contribution is -2.12. The Balaban J connectivity index is 2.07. The predicted molar refractivity (Wildman–Crippen MR) is 82.3 cm³/mol. The molecule has 2 aromatic heterocycles. The highest BCUT2D eigenvalue weighted by Gasteiger charge is 2.12. The largest absolute Gasteiger partial charge is 0.384 e. The predicted octanol–water partition coefficient (Wildman–Crippen LogP) is 2.93. The van der Waals surface area contributed by atoms with Crippen LogP contribution >= 0.6 is 27.7 Å². The zero-order valence-corrected chi connectivity index (χ0v) is 12.6. The van der Waals surface area contributed by atoms with Gasteiger partial charge in [0, 0.05) is 21.1 Å². The Hall–Kier alpha value is -1.86. The first-order chi connectivity index (χ1) is 9.65. The molecule has 20 heavy (non-hydrogen) atoms. The Kier molecular flexibility index (Phi) is 3.45. The van der Waals surface area contributed by atoms with Crippen LogP contribution in [-0.2, 0) is 0 Å². The number of amidine groups is 1. The van der Waals surface area contributed by atoms with Crippen LogP contribution in [0.3, 0.4) is 0 Å². The number of halogens is 1. The zero-order chi connectivity index (χ0) is 14.1. The topological polar surface area (TPSA) is 80.1 Å². The maximum Gasteiger partial charge on any atom is 0.200 e. The second-order valence-corrected chi connectivity index (χ2v) is 5.99. The van der Waals surface area contributed by atoms with Gasteiger partial charge in [0.15, 0.2) is 10.8 Å². The third-order valence-corrected chi connectivity index (χ3v) is 4.23. The highest BCUT2D eigenvalue weighted by molar-refractivity contribution is 9.10. The highest BCUT2D eigenvalue weighted by Crippen LogP contribution is 2.31.